The summed E-state index contributed by atoms with van der Waals surface area (Å²) in [6, 6.07) is 9.80. The topological polar surface area (TPSA) is 74.6 Å². The minimum absolute atomic E-state index is 0.0149. The monoisotopic (exact) mass is 353 g/mol. The molecule has 2 heterocycles. The standard InChI is InChI=1S/C19H19N3O2S/c23-16-6-2-1-5-15(16)21-19-22-18(24)17(25-19)11-12-7-8-14-13(10-12)4-3-9-20-14/h3-4,7-11,15-16,23H,1-2,5-6H2,(H,21,22,24)/b17-11-/t15-,16-/m1/s1. The SMILES string of the molecule is O=C1N=C(N[C@@H]2CCCC[C@H]2O)S/C1=C\c1ccc2ncccc2c1. The summed E-state index contributed by atoms with van der Waals surface area (Å²) in [7, 11) is 0. The molecule has 1 saturated carbocycles. The van der Waals surface area contributed by atoms with Crippen LogP contribution >= 0.6 is 11.8 Å². The second-order valence-corrected chi connectivity index (χ2v) is 7.42. The number of nitrogens with zero attached hydrogens (tertiary/aromatic N) is 2. The van der Waals surface area contributed by atoms with E-state index in [1.54, 1.807) is 6.20 Å². The molecule has 0 unspecified atom stereocenters. The number of hydrogen-bond acceptors (Lipinski definition) is 5. The Labute approximate surface area is 150 Å². The number of carbonyl (C=O) groups excluding carboxylic acids is 1. The Kier molecular flexibility index (Phi) is 4.55. The summed E-state index contributed by atoms with van der Waals surface area (Å²) in [5, 5.41) is 14.9. The molecular formula is C19H19N3O2S. The van der Waals surface area contributed by atoms with E-state index in [0.717, 1.165) is 42.1 Å². The molecule has 4 rings (SSSR count). The highest BCUT2D eigenvalue weighted by Gasteiger charge is 2.28. The highest BCUT2D eigenvalue weighted by molar-refractivity contribution is 8.18. The van der Waals surface area contributed by atoms with Gasteiger partial charge in [-0.05, 0) is 54.4 Å². The second kappa shape index (κ2) is 6.98. The summed E-state index contributed by atoms with van der Waals surface area (Å²) in [6.45, 7) is 0. The highest BCUT2D eigenvalue weighted by atomic mass is 32.2. The van der Waals surface area contributed by atoms with Crippen molar-refractivity contribution >= 4 is 39.8 Å². The van der Waals surface area contributed by atoms with Crippen LogP contribution in [-0.2, 0) is 4.79 Å². The lowest BCUT2D eigenvalue weighted by molar-refractivity contribution is -0.113. The molecule has 25 heavy (non-hydrogen) atoms. The summed E-state index contributed by atoms with van der Waals surface area (Å²) in [5.74, 6) is -0.232. The van der Waals surface area contributed by atoms with Crippen LogP contribution in [0.2, 0.25) is 0 Å². The summed E-state index contributed by atoms with van der Waals surface area (Å²) in [5.41, 5.74) is 1.88. The van der Waals surface area contributed by atoms with Crippen molar-refractivity contribution in [2.24, 2.45) is 4.99 Å². The summed E-state index contributed by atoms with van der Waals surface area (Å²) >= 11 is 1.34. The van der Waals surface area contributed by atoms with Gasteiger partial charge in [0, 0.05) is 11.6 Å². The van der Waals surface area contributed by atoms with Crippen LogP contribution in [0.15, 0.2) is 46.4 Å². The van der Waals surface area contributed by atoms with Crippen LogP contribution in [-0.4, -0.2) is 33.3 Å². The van der Waals surface area contributed by atoms with Crippen LogP contribution < -0.4 is 5.32 Å². The van der Waals surface area contributed by atoms with Gasteiger partial charge in [0.1, 0.15) is 0 Å². The first-order valence-corrected chi connectivity index (χ1v) is 9.33. The largest absolute Gasteiger partial charge is 0.391 e. The molecule has 0 saturated heterocycles. The Morgan fingerprint density at radius 1 is 1.24 bits per heavy atom. The van der Waals surface area contributed by atoms with Crippen molar-refractivity contribution in [2.75, 3.05) is 0 Å². The Morgan fingerprint density at radius 2 is 2.12 bits per heavy atom. The molecule has 1 aliphatic carbocycles. The molecular weight excluding hydrogens is 334 g/mol. The quantitative estimate of drug-likeness (QED) is 0.812. The number of aliphatic hydroxyl groups is 1. The van der Waals surface area contributed by atoms with Gasteiger partial charge in [-0.3, -0.25) is 9.78 Å². The summed E-state index contributed by atoms with van der Waals surface area (Å²) < 4.78 is 0. The molecule has 1 aromatic heterocycles. The number of aromatic nitrogens is 1. The van der Waals surface area contributed by atoms with E-state index in [1.807, 2.05) is 36.4 Å². The van der Waals surface area contributed by atoms with E-state index in [1.165, 1.54) is 11.8 Å². The van der Waals surface area contributed by atoms with Crippen molar-refractivity contribution in [3.8, 4) is 0 Å². The van der Waals surface area contributed by atoms with Gasteiger partial charge in [-0.15, -0.1) is 0 Å². The zero-order chi connectivity index (χ0) is 17.2. The molecule has 0 bridgehead atoms. The van der Waals surface area contributed by atoms with E-state index in [4.69, 9.17) is 0 Å². The number of amides is 1. The van der Waals surface area contributed by atoms with E-state index >= 15 is 0 Å². The second-order valence-electron chi connectivity index (χ2n) is 6.39. The first-order valence-electron chi connectivity index (χ1n) is 8.51. The van der Waals surface area contributed by atoms with E-state index in [0.29, 0.717) is 10.1 Å². The van der Waals surface area contributed by atoms with E-state index in [2.05, 4.69) is 15.3 Å². The molecule has 0 spiro atoms. The van der Waals surface area contributed by atoms with Gasteiger partial charge in [0.25, 0.3) is 5.91 Å². The van der Waals surface area contributed by atoms with Gasteiger partial charge in [-0.1, -0.05) is 25.0 Å². The maximum atomic E-state index is 12.2. The number of nitrogens with one attached hydrogen (secondary N) is 1. The first-order chi connectivity index (χ1) is 12.2. The van der Waals surface area contributed by atoms with Crippen molar-refractivity contribution in [1.82, 2.24) is 10.3 Å². The van der Waals surface area contributed by atoms with Gasteiger partial charge in [0.15, 0.2) is 5.17 Å². The van der Waals surface area contributed by atoms with Crippen molar-refractivity contribution in [3.05, 3.63) is 47.0 Å². The Balaban J connectivity index is 1.49. The maximum Gasteiger partial charge on any atom is 0.286 e. The summed E-state index contributed by atoms with van der Waals surface area (Å²) in [4.78, 5) is 21.2. The lowest BCUT2D eigenvalue weighted by atomic mass is 9.93. The van der Waals surface area contributed by atoms with Crippen molar-refractivity contribution in [2.45, 2.75) is 37.8 Å². The predicted octanol–water partition coefficient (Wildman–Crippen LogP) is 3.10. The molecule has 5 nitrogen and oxygen atoms in total. The fourth-order valence-electron chi connectivity index (χ4n) is 3.24. The smallest absolute Gasteiger partial charge is 0.286 e. The number of pyridine rings is 1. The normalized spacial score (nSPS) is 25.4. The number of thioether (sulfide) groups is 1. The van der Waals surface area contributed by atoms with Gasteiger partial charge in [-0.2, -0.15) is 4.99 Å². The molecule has 1 fully saturated rings. The average Bonchev–Trinajstić information content (AvgIpc) is 2.96. The average molecular weight is 353 g/mol. The fraction of sp³-hybridized carbons (Fsp3) is 0.316. The van der Waals surface area contributed by atoms with Gasteiger partial charge in [0.05, 0.1) is 22.6 Å². The van der Waals surface area contributed by atoms with Gasteiger partial charge >= 0.3 is 0 Å². The van der Waals surface area contributed by atoms with Gasteiger partial charge < -0.3 is 10.4 Å². The molecule has 2 atom stereocenters. The van der Waals surface area contributed by atoms with Crippen LogP contribution in [0, 0.1) is 0 Å². The highest BCUT2D eigenvalue weighted by Crippen LogP contribution is 2.29. The van der Waals surface area contributed by atoms with E-state index in [-0.39, 0.29) is 18.1 Å². The molecule has 6 heteroatoms. The number of carbonyl (C=O) groups is 1. The third-order valence-electron chi connectivity index (χ3n) is 4.58. The molecule has 2 aliphatic rings. The Hall–Kier alpha value is -2.18. The molecule has 2 aromatic rings. The van der Waals surface area contributed by atoms with Gasteiger partial charge in [-0.25, -0.2) is 0 Å². The molecule has 2 N–H and O–H groups in total. The predicted molar refractivity (Wildman–Crippen MR) is 101 cm³/mol. The zero-order valence-corrected chi connectivity index (χ0v) is 14.5. The minimum atomic E-state index is -0.367. The molecule has 0 radical (unpaired) electrons. The number of benzene rings is 1. The molecule has 128 valence electrons. The van der Waals surface area contributed by atoms with Crippen molar-refractivity contribution in [1.29, 1.82) is 0 Å². The zero-order valence-electron chi connectivity index (χ0n) is 13.7. The number of aliphatic imine (C=N–C) groups is 1. The van der Waals surface area contributed by atoms with Gasteiger partial charge in [0.2, 0.25) is 0 Å². The number of amidine groups is 1. The fourth-order valence-corrected chi connectivity index (χ4v) is 4.12. The molecule has 1 aromatic carbocycles. The van der Waals surface area contributed by atoms with Crippen molar-refractivity contribution in [3.63, 3.8) is 0 Å². The molecule has 1 amide bonds. The van der Waals surface area contributed by atoms with Crippen LogP contribution in [0.5, 0.6) is 0 Å². The Bertz CT molecular complexity index is 878. The van der Waals surface area contributed by atoms with Crippen molar-refractivity contribution < 1.29 is 9.90 Å². The lowest BCUT2D eigenvalue weighted by Crippen LogP contribution is -2.43. The Morgan fingerprint density at radius 3 is 3.00 bits per heavy atom. The third-order valence-corrected chi connectivity index (χ3v) is 5.50. The van der Waals surface area contributed by atoms with Crippen LogP contribution in [0.25, 0.3) is 17.0 Å². The van der Waals surface area contributed by atoms with Crippen LogP contribution in [0.4, 0.5) is 0 Å². The first kappa shape index (κ1) is 16.3. The minimum Gasteiger partial charge on any atom is -0.391 e. The number of aliphatic hydroxyl groups excluding tert-OH is 1. The van der Waals surface area contributed by atoms with E-state index in [9.17, 15) is 9.90 Å². The summed E-state index contributed by atoms with van der Waals surface area (Å²) in [6.07, 6.45) is 7.11. The lowest BCUT2D eigenvalue weighted by Gasteiger charge is -2.28. The van der Waals surface area contributed by atoms with E-state index < -0.39 is 0 Å². The number of fused-ring (bicyclic) bond motifs is 1. The maximum absolute atomic E-state index is 12.2. The number of rotatable bonds is 2. The van der Waals surface area contributed by atoms with Crippen LogP contribution in [0.3, 0.4) is 0 Å². The molecule has 1 aliphatic heterocycles. The van der Waals surface area contributed by atoms with Crippen LogP contribution in [0.1, 0.15) is 31.2 Å². The third kappa shape index (κ3) is 3.60. The number of hydrogen-bond donors (Lipinski definition) is 2.